The van der Waals surface area contributed by atoms with Crippen LogP contribution in [0.1, 0.15) is 29.6 Å². The third-order valence-corrected chi connectivity index (χ3v) is 3.80. The fourth-order valence-electron chi connectivity index (χ4n) is 2.18. The van der Waals surface area contributed by atoms with Crippen molar-refractivity contribution in [1.82, 2.24) is 4.90 Å². The van der Waals surface area contributed by atoms with Gasteiger partial charge in [0.05, 0.1) is 4.47 Å². The maximum absolute atomic E-state index is 12.3. The summed E-state index contributed by atoms with van der Waals surface area (Å²) < 4.78 is 6.28. The molecule has 4 heteroatoms. The van der Waals surface area contributed by atoms with Crippen molar-refractivity contribution in [3.63, 3.8) is 0 Å². The predicted octanol–water partition coefficient (Wildman–Crippen LogP) is 3.64. The predicted molar refractivity (Wildman–Crippen MR) is 79.6 cm³/mol. The van der Waals surface area contributed by atoms with Crippen LogP contribution in [0.2, 0.25) is 0 Å². The Morgan fingerprint density at radius 1 is 1.37 bits per heavy atom. The van der Waals surface area contributed by atoms with Crippen molar-refractivity contribution in [3.8, 4) is 5.75 Å². The van der Waals surface area contributed by atoms with Gasteiger partial charge in [-0.2, -0.15) is 0 Å². The third-order valence-electron chi connectivity index (χ3n) is 3.18. The van der Waals surface area contributed by atoms with Crippen molar-refractivity contribution >= 4 is 21.8 Å². The molecule has 1 heterocycles. The van der Waals surface area contributed by atoms with E-state index in [2.05, 4.69) is 22.5 Å². The number of carbonyl (C=O) groups is 1. The van der Waals surface area contributed by atoms with Crippen LogP contribution in [0.4, 0.5) is 0 Å². The van der Waals surface area contributed by atoms with Crippen LogP contribution in [0.25, 0.3) is 0 Å². The highest BCUT2D eigenvalue weighted by molar-refractivity contribution is 9.10. The van der Waals surface area contributed by atoms with Crippen LogP contribution in [0, 0.1) is 0 Å². The van der Waals surface area contributed by atoms with Gasteiger partial charge in [0.1, 0.15) is 12.4 Å². The monoisotopic (exact) mass is 323 g/mol. The van der Waals surface area contributed by atoms with E-state index in [1.54, 1.807) is 6.08 Å². The second-order valence-corrected chi connectivity index (χ2v) is 5.45. The number of likely N-dealkylation sites (tertiary alicyclic amines) is 1. The van der Waals surface area contributed by atoms with Crippen molar-refractivity contribution in [2.75, 3.05) is 19.7 Å². The molecule has 1 fully saturated rings. The van der Waals surface area contributed by atoms with Gasteiger partial charge in [0.2, 0.25) is 0 Å². The Balaban J connectivity index is 2.09. The first-order valence-corrected chi connectivity index (χ1v) is 7.34. The van der Waals surface area contributed by atoms with Gasteiger partial charge < -0.3 is 9.64 Å². The average molecular weight is 324 g/mol. The Morgan fingerprint density at radius 3 is 2.74 bits per heavy atom. The fourth-order valence-corrected chi connectivity index (χ4v) is 2.67. The first-order chi connectivity index (χ1) is 9.22. The minimum Gasteiger partial charge on any atom is -0.488 e. The Labute approximate surface area is 122 Å². The summed E-state index contributed by atoms with van der Waals surface area (Å²) in [6.45, 7) is 5.80. The summed E-state index contributed by atoms with van der Waals surface area (Å²) in [5.74, 6) is 0.839. The van der Waals surface area contributed by atoms with Gasteiger partial charge in [-0.1, -0.05) is 12.7 Å². The maximum Gasteiger partial charge on any atom is 0.253 e. The van der Waals surface area contributed by atoms with E-state index in [0.717, 1.165) is 36.2 Å². The molecule has 3 nitrogen and oxygen atoms in total. The van der Waals surface area contributed by atoms with E-state index >= 15 is 0 Å². The van der Waals surface area contributed by atoms with Crippen molar-refractivity contribution in [2.24, 2.45) is 0 Å². The molecule has 0 spiro atoms. The SMILES string of the molecule is C=CCOc1ccc(C(=O)N2CCCCC2)cc1Br. The molecule has 1 aliphatic heterocycles. The summed E-state index contributed by atoms with van der Waals surface area (Å²) >= 11 is 3.44. The van der Waals surface area contributed by atoms with Crippen LogP contribution >= 0.6 is 15.9 Å². The zero-order chi connectivity index (χ0) is 13.7. The van der Waals surface area contributed by atoms with E-state index in [1.807, 2.05) is 23.1 Å². The van der Waals surface area contributed by atoms with Gasteiger partial charge in [0.15, 0.2) is 0 Å². The van der Waals surface area contributed by atoms with E-state index in [-0.39, 0.29) is 5.91 Å². The normalized spacial score (nSPS) is 15.1. The minimum atomic E-state index is 0.107. The van der Waals surface area contributed by atoms with Crippen LogP contribution in [0.15, 0.2) is 35.3 Å². The average Bonchev–Trinajstić information content (AvgIpc) is 2.46. The standard InChI is InChI=1S/C15H18BrNO2/c1-2-10-19-14-7-6-12(11-13(14)16)15(18)17-8-4-3-5-9-17/h2,6-7,11H,1,3-5,8-10H2. The number of benzene rings is 1. The molecule has 1 aliphatic rings. The van der Waals surface area contributed by atoms with Crippen LogP contribution < -0.4 is 4.74 Å². The van der Waals surface area contributed by atoms with Crippen LogP contribution in [0.5, 0.6) is 5.75 Å². The largest absolute Gasteiger partial charge is 0.488 e. The summed E-state index contributed by atoms with van der Waals surface area (Å²) in [7, 11) is 0. The lowest BCUT2D eigenvalue weighted by molar-refractivity contribution is 0.0724. The Morgan fingerprint density at radius 2 is 2.11 bits per heavy atom. The number of piperidine rings is 1. The fraction of sp³-hybridized carbons (Fsp3) is 0.400. The second-order valence-electron chi connectivity index (χ2n) is 4.60. The molecule has 19 heavy (non-hydrogen) atoms. The number of hydrogen-bond acceptors (Lipinski definition) is 2. The highest BCUT2D eigenvalue weighted by Gasteiger charge is 2.18. The van der Waals surface area contributed by atoms with Gasteiger partial charge in [0, 0.05) is 18.7 Å². The first-order valence-electron chi connectivity index (χ1n) is 6.55. The van der Waals surface area contributed by atoms with Crippen LogP contribution in [0.3, 0.4) is 0 Å². The lowest BCUT2D eigenvalue weighted by atomic mass is 10.1. The number of amides is 1. The van der Waals surface area contributed by atoms with E-state index in [1.165, 1.54) is 6.42 Å². The number of halogens is 1. The van der Waals surface area contributed by atoms with Gasteiger partial charge in [-0.25, -0.2) is 0 Å². The lowest BCUT2D eigenvalue weighted by Crippen LogP contribution is -2.35. The lowest BCUT2D eigenvalue weighted by Gasteiger charge is -2.26. The number of carbonyl (C=O) groups excluding carboxylic acids is 1. The van der Waals surface area contributed by atoms with Crippen LogP contribution in [-0.2, 0) is 0 Å². The molecule has 1 saturated heterocycles. The molecule has 0 N–H and O–H groups in total. The van der Waals surface area contributed by atoms with E-state index in [9.17, 15) is 4.79 Å². The van der Waals surface area contributed by atoms with Gasteiger partial charge in [-0.05, 0) is 53.4 Å². The molecule has 0 bridgehead atoms. The molecule has 0 aliphatic carbocycles. The Hall–Kier alpha value is -1.29. The Bertz CT molecular complexity index is 467. The zero-order valence-corrected chi connectivity index (χ0v) is 12.5. The summed E-state index contributed by atoms with van der Waals surface area (Å²) in [5.41, 5.74) is 0.708. The number of rotatable bonds is 4. The molecule has 0 saturated carbocycles. The molecule has 1 aromatic carbocycles. The first kappa shape index (κ1) is 14.1. The van der Waals surface area contributed by atoms with E-state index in [0.29, 0.717) is 12.2 Å². The van der Waals surface area contributed by atoms with E-state index in [4.69, 9.17) is 4.74 Å². The molecule has 0 unspecified atom stereocenters. The summed E-state index contributed by atoms with van der Waals surface area (Å²) in [4.78, 5) is 14.3. The number of ether oxygens (including phenoxy) is 1. The maximum atomic E-state index is 12.3. The van der Waals surface area contributed by atoms with Crippen LogP contribution in [-0.4, -0.2) is 30.5 Å². The summed E-state index contributed by atoms with van der Waals surface area (Å²) in [6.07, 6.45) is 5.13. The minimum absolute atomic E-state index is 0.107. The van der Waals surface area contributed by atoms with Crippen molar-refractivity contribution < 1.29 is 9.53 Å². The number of hydrogen-bond donors (Lipinski definition) is 0. The van der Waals surface area contributed by atoms with Crippen molar-refractivity contribution in [2.45, 2.75) is 19.3 Å². The molecule has 0 radical (unpaired) electrons. The van der Waals surface area contributed by atoms with Crippen molar-refractivity contribution in [1.29, 1.82) is 0 Å². The highest BCUT2D eigenvalue weighted by Crippen LogP contribution is 2.27. The molecule has 1 aromatic rings. The summed E-state index contributed by atoms with van der Waals surface area (Å²) in [5, 5.41) is 0. The zero-order valence-electron chi connectivity index (χ0n) is 10.9. The van der Waals surface area contributed by atoms with E-state index < -0.39 is 0 Å². The molecule has 1 amide bonds. The molecule has 102 valence electrons. The molecular weight excluding hydrogens is 306 g/mol. The summed E-state index contributed by atoms with van der Waals surface area (Å²) in [6, 6.07) is 5.47. The highest BCUT2D eigenvalue weighted by atomic mass is 79.9. The quantitative estimate of drug-likeness (QED) is 0.792. The molecular formula is C15H18BrNO2. The third kappa shape index (κ3) is 3.60. The van der Waals surface area contributed by atoms with Crippen molar-refractivity contribution in [3.05, 3.63) is 40.9 Å². The molecule has 0 atom stereocenters. The second kappa shape index (κ2) is 6.75. The number of nitrogens with zero attached hydrogens (tertiary/aromatic N) is 1. The topological polar surface area (TPSA) is 29.5 Å². The van der Waals surface area contributed by atoms with Gasteiger partial charge in [-0.15, -0.1) is 0 Å². The molecule has 0 aromatic heterocycles. The van der Waals surface area contributed by atoms with Gasteiger partial charge in [-0.3, -0.25) is 4.79 Å². The molecule has 2 rings (SSSR count). The van der Waals surface area contributed by atoms with Gasteiger partial charge in [0.25, 0.3) is 5.91 Å². The Kier molecular flexibility index (Phi) is 5.02. The van der Waals surface area contributed by atoms with Gasteiger partial charge >= 0.3 is 0 Å². The smallest absolute Gasteiger partial charge is 0.253 e.